The molecule has 1 aromatic carbocycles. The van der Waals surface area contributed by atoms with E-state index in [1.165, 1.54) is 30.1 Å². The molecule has 0 radical (unpaired) electrons. The molecule has 0 saturated heterocycles. The number of aromatic amines is 1. The zero-order valence-corrected chi connectivity index (χ0v) is 15.1. The maximum atomic E-state index is 12.6. The third-order valence-corrected chi connectivity index (χ3v) is 5.01. The predicted molar refractivity (Wildman–Crippen MR) is 92.8 cm³/mol. The molecule has 2 rings (SSSR count). The van der Waals surface area contributed by atoms with Crippen LogP contribution in [0.3, 0.4) is 0 Å². The van der Waals surface area contributed by atoms with Crippen molar-refractivity contribution in [1.29, 1.82) is 0 Å². The number of aryl methyl sites for hydroxylation is 1. The summed E-state index contributed by atoms with van der Waals surface area (Å²) in [5, 5.41) is 5.56. The van der Waals surface area contributed by atoms with E-state index in [1.54, 1.807) is 0 Å². The number of benzene rings is 1. The first-order chi connectivity index (χ1) is 11.2. The van der Waals surface area contributed by atoms with Gasteiger partial charge in [0.25, 0.3) is 5.56 Å². The normalized spacial score (nSPS) is 11.5. The van der Waals surface area contributed by atoms with Crippen molar-refractivity contribution >= 4 is 32.9 Å². The van der Waals surface area contributed by atoms with Gasteiger partial charge < -0.3 is 10.4 Å². The number of carbonyl (C=O) groups is 1. The molecule has 0 saturated carbocycles. The Morgan fingerprint density at radius 1 is 1.33 bits per heavy atom. The summed E-state index contributed by atoms with van der Waals surface area (Å²) < 4.78 is 25.0. The SMILES string of the molecule is CCCNc1c(S(C)(=O)=O)ccc(C(=O)c2c[nH]n(C)c2=O)c1Cl. The van der Waals surface area contributed by atoms with E-state index in [-0.39, 0.29) is 26.7 Å². The number of hydrogen-bond donors (Lipinski definition) is 2. The Kier molecular flexibility index (Phi) is 5.19. The van der Waals surface area contributed by atoms with E-state index >= 15 is 0 Å². The van der Waals surface area contributed by atoms with Gasteiger partial charge in [-0.3, -0.25) is 14.3 Å². The van der Waals surface area contributed by atoms with Gasteiger partial charge in [-0.15, -0.1) is 0 Å². The van der Waals surface area contributed by atoms with Crippen LogP contribution in [0, 0.1) is 0 Å². The topological polar surface area (TPSA) is 101 Å². The Hall–Kier alpha value is -2.06. The molecular formula is C15H18ClN3O4S. The molecule has 9 heteroatoms. The number of anilines is 1. The van der Waals surface area contributed by atoms with E-state index in [2.05, 4.69) is 10.4 Å². The molecular weight excluding hydrogens is 354 g/mol. The Balaban J connectivity index is 2.62. The average Bonchev–Trinajstić information content (AvgIpc) is 2.84. The lowest BCUT2D eigenvalue weighted by Gasteiger charge is -2.14. The minimum absolute atomic E-state index is 0.0134. The van der Waals surface area contributed by atoms with Crippen molar-refractivity contribution in [3.8, 4) is 0 Å². The molecule has 7 nitrogen and oxygen atoms in total. The second-order valence-corrected chi connectivity index (χ2v) is 7.74. The lowest BCUT2D eigenvalue weighted by Crippen LogP contribution is -2.20. The first-order valence-corrected chi connectivity index (χ1v) is 9.51. The number of hydrogen-bond acceptors (Lipinski definition) is 5. The van der Waals surface area contributed by atoms with Gasteiger partial charge in [0.2, 0.25) is 5.78 Å². The molecule has 24 heavy (non-hydrogen) atoms. The minimum atomic E-state index is -3.53. The number of aromatic nitrogens is 2. The second-order valence-electron chi connectivity index (χ2n) is 5.38. The first kappa shape index (κ1) is 18.3. The molecule has 2 N–H and O–H groups in total. The number of halogens is 1. The number of ketones is 1. The van der Waals surface area contributed by atoms with Gasteiger partial charge in [0.15, 0.2) is 9.84 Å². The summed E-state index contributed by atoms with van der Waals surface area (Å²) in [7, 11) is -2.04. The highest BCUT2D eigenvalue weighted by atomic mass is 35.5. The number of nitrogens with one attached hydrogen (secondary N) is 2. The highest BCUT2D eigenvalue weighted by molar-refractivity contribution is 7.90. The second kappa shape index (κ2) is 6.82. The van der Waals surface area contributed by atoms with Crippen LogP contribution in [0.1, 0.15) is 29.3 Å². The van der Waals surface area contributed by atoms with Crippen LogP contribution in [-0.2, 0) is 16.9 Å². The molecule has 2 aromatic rings. The van der Waals surface area contributed by atoms with E-state index in [1.807, 2.05) is 6.92 Å². The molecule has 0 amide bonds. The summed E-state index contributed by atoms with van der Waals surface area (Å²) >= 11 is 6.29. The van der Waals surface area contributed by atoms with Crippen LogP contribution in [-0.4, -0.2) is 36.8 Å². The van der Waals surface area contributed by atoms with Gasteiger partial charge in [-0.25, -0.2) is 8.42 Å². The zero-order valence-electron chi connectivity index (χ0n) is 13.5. The fourth-order valence-corrected chi connectivity index (χ4v) is 3.46. The summed E-state index contributed by atoms with van der Waals surface area (Å²) in [5.74, 6) is -0.568. The maximum absolute atomic E-state index is 12.6. The summed E-state index contributed by atoms with van der Waals surface area (Å²) in [6.45, 7) is 2.41. The molecule has 1 aromatic heterocycles. The van der Waals surface area contributed by atoms with E-state index in [4.69, 9.17) is 11.6 Å². The van der Waals surface area contributed by atoms with Crippen LogP contribution < -0.4 is 10.9 Å². The number of H-pyrrole nitrogens is 1. The van der Waals surface area contributed by atoms with Crippen LogP contribution in [0.4, 0.5) is 5.69 Å². The summed E-state index contributed by atoms with van der Waals surface area (Å²) in [5.41, 5.74) is -0.294. The summed E-state index contributed by atoms with van der Waals surface area (Å²) in [6, 6.07) is 2.65. The molecule has 0 aliphatic rings. The highest BCUT2D eigenvalue weighted by Crippen LogP contribution is 2.33. The monoisotopic (exact) mass is 371 g/mol. The minimum Gasteiger partial charge on any atom is -0.383 e. The Labute approximate surface area is 144 Å². The van der Waals surface area contributed by atoms with Crippen molar-refractivity contribution in [2.45, 2.75) is 18.2 Å². The average molecular weight is 372 g/mol. The molecule has 0 fully saturated rings. The van der Waals surface area contributed by atoms with Crippen molar-refractivity contribution in [2.75, 3.05) is 18.1 Å². The van der Waals surface area contributed by atoms with Crippen LogP contribution in [0.2, 0.25) is 5.02 Å². The van der Waals surface area contributed by atoms with Crippen LogP contribution in [0.25, 0.3) is 0 Å². The number of sulfone groups is 1. The van der Waals surface area contributed by atoms with Crippen LogP contribution >= 0.6 is 11.6 Å². The van der Waals surface area contributed by atoms with Gasteiger partial charge in [-0.2, -0.15) is 0 Å². The van der Waals surface area contributed by atoms with Crippen molar-refractivity contribution in [3.05, 3.63) is 44.8 Å². The third-order valence-electron chi connectivity index (χ3n) is 3.48. The molecule has 1 heterocycles. The van der Waals surface area contributed by atoms with Crippen molar-refractivity contribution < 1.29 is 13.2 Å². The number of rotatable bonds is 6. The Morgan fingerprint density at radius 2 is 2.00 bits per heavy atom. The maximum Gasteiger partial charge on any atom is 0.277 e. The van der Waals surface area contributed by atoms with Crippen molar-refractivity contribution in [2.24, 2.45) is 7.05 Å². The first-order valence-electron chi connectivity index (χ1n) is 7.24. The Morgan fingerprint density at radius 3 is 2.50 bits per heavy atom. The van der Waals surface area contributed by atoms with Crippen LogP contribution in [0.5, 0.6) is 0 Å². The molecule has 0 aliphatic carbocycles. The lowest BCUT2D eigenvalue weighted by molar-refractivity contribution is 0.103. The zero-order chi connectivity index (χ0) is 18.1. The quantitative estimate of drug-likeness (QED) is 0.754. The van der Waals surface area contributed by atoms with E-state index < -0.39 is 21.2 Å². The molecule has 0 spiro atoms. The molecule has 0 aliphatic heterocycles. The largest absolute Gasteiger partial charge is 0.383 e. The standard InChI is InChI=1S/C15H18ClN3O4S/c1-4-7-17-13-11(24(3,22)23)6-5-9(12(13)16)14(20)10-8-18-19(2)15(10)21/h5-6,8,17-18H,4,7H2,1-3H3. The summed E-state index contributed by atoms with van der Waals surface area (Å²) in [6.07, 6.45) is 3.11. The molecule has 0 unspecified atom stereocenters. The van der Waals surface area contributed by atoms with Crippen molar-refractivity contribution in [1.82, 2.24) is 9.78 Å². The molecule has 0 atom stereocenters. The fourth-order valence-electron chi connectivity index (χ4n) is 2.23. The third kappa shape index (κ3) is 3.39. The van der Waals surface area contributed by atoms with Crippen LogP contribution in [0.15, 0.2) is 28.0 Å². The lowest BCUT2D eigenvalue weighted by atomic mass is 10.1. The van der Waals surface area contributed by atoms with Crippen molar-refractivity contribution in [3.63, 3.8) is 0 Å². The predicted octanol–water partition coefficient (Wildman–Crippen LogP) is 1.82. The van der Waals surface area contributed by atoms with Gasteiger partial charge in [0.1, 0.15) is 5.56 Å². The fraction of sp³-hybridized carbons (Fsp3) is 0.333. The highest BCUT2D eigenvalue weighted by Gasteiger charge is 2.24. The van der Waals surface area contributed by atoms with E-state index in [0.29, 0.717) is 6.54 Å². The van der Waals surface area contributed by atoms with Gasteiger partial charge in [-0.05, 0) is 18.6 Å². The van der Waals surface area contributed by atoms with Gasteiger partial charge in [-0.1, -0.05) is 18.5 Å². The van der Waals surface area contributed by atoms with Gasteiger partial charge in [0.05, 0.1) is 15.6 Å². The van der Waals surface area contributed by atoms with Gasteiger partial charge in [0, 0.05) is 31.6 Å². The molecule has 0 bridgehead atoms. The number of nitrogens with zero attached hydrogens (tertiary/aromatic N) is 1. The van der Waals surface area contributed by atoms with E-state index in [0.717, 1.165) is 12.7 Å². The van der Waals surface area contributed by atoms with E-state index in [9.17, 15) is 18.0 Å². The van der Waals surface area contributed by atoms with Gasteiger partial charge >= 0.3 is 0 Å². The smallest absolute Gasteiger partial charge is 0.277 e. The summed E-state index contributed by atoms with van der Waals surface area (Å²) in [4.78, 5) is 24.5. The number of carbonyl (C=O) groups excluding carboxylic acids is 1. The molecule has 130 valence electrons. The Bertz CT molecular complexity index is 944.